The molecule has 5 nitrogen and oxygen atoms in total. The van der Waals surface area contributed by atoms with Gasteiger partial charge in [-0.05, 0) is 32.0 Å². The van der Waals surface area contributed by atoms with Gasteiger partial charge in [0, 0.05) is 11.6 Å². The molecule has 0 saturated carbocycles. The molecule has 0 bridgehead atoms. The van der Waals surface area contributed by atoms with Gasteiger partial charge >= 0.3 is 5.97 Å². The third-order valence-corrected chi connectivity index (χ3v) is 2.60. The van der Waals surface area contributed by atoms with Gasteiger partial charge in [-0.3, -0.25) is 5.10 Å². The molecule has 0 aliphatic carbocycles. The fraction of sp³-hybridized carbons (Fsp3) is 0.556. The molecule has 0 atom stereocenters. The monoisotopic (exact) mass is 231 g/mol. The summed E-state index contributed by atoms with van der Waals surface area (Å²) in [5, 5.41) is 18.5. The van der Waals surface area contributed by atoms with E-state index in [9.17, 15) is 4.79 Å². The molecule has 0 aromatic carbocycles. The Morgan fingerprint density at radius 1 is 1.47 bits per heavy atom. The molecule has 1 fully saturated rings. The van der Waals surface area contributed by atoms with E-state index >= 15 is 0 Å². The van der Waals surface area contributed by atoms with Gasteiger partial charge in [-0.15, -0.1) is 12.4 Å². The average Bonchev–Trinajstić information content (AvgIpc) is 2.68. The van der Waals surface area contributed by atoms with Crippen LogP contribution in [0.25, 0.3) is 0 Å². The summed E-state index contributed by atoms with van der Waals surface area (Å²) in [5.41, 5.74) is 1.06. The van der Waals surface area contributed by atoms with Crippen LogP contribution in [0.2, 0.25) is 0 Å². The highest BCUT2D eigenvalue weighted by Crippen LogP contribution is 2.23. The lowest BCUT2D eigenvalue weighted by Crippen LogP contribution is -2.26. The summed E-state index contributed by atoms with van der Waals surface area (Å²) in [7, 11) is 0. The molecule has 0 unspecified atom stereocenters. The number of nitrogens with zero attached hydrogens (tertiary/aromatic N) is 1. The van der Waals surface area contributed by atoms with E-state index < -0.39 is 5.97 Å². The van der Waals surface area contributed by atoms with Crippen LogP contribution in [0.5, 0.6) is 0 Å². The van der Waals surface area contributed by atoms with Crippen molar-refractivity contribution in [2.75, 3.05) is 13.1 Å². The van der Waals surface area contributed by atoms with Crippen LogP contribution in [0.1, 0.15) is 34.9 Å². The van der Waals surface area contributed by atoms with Crippen molar-refractivity contribution < 1.29 is 9.90 Å². The Bertz CT molecular complexity index is 334. The molecule has 1 saturated heterocycles. The number of nitrogens with one attached hydrogen (secondary N) is 2. The molecular weight excluding hydrogens is 218 g/mol. The van der Waals surface area contributed by atoms with Crippen molar-refractivity contribution in [1.29, 1.82) is 0 Å². The number of piperidine rings is 1. The zero-order valence-electron chi connectivity index (χ0n) is 8.19. The van der Waals surface area contributed by atoms with Crippen molar-refractivity contribution in [1.82, 2.24) is 15.5 Å². The zero-order chi connectivity index (χ0) is 9.97. The molecule has 1 aromatic rings. The molecule has 3 N–H and O–H groups in total. The fourth-order valence-electron chi connectivity index (χ4n) is 1.79. The number of rotatable bonds is 2. The normalized spacial score (nSPS) is 17.1. The first-order valence-corrected chi connectivity index (χ1v) is 4.76. The number of aromatic nitrogens is 2. The summed E-state index contributed by atoms with van der Waals surface area (Å²) in [6, 6.07) is 1.64. The van der Waals surface area contributed by atoms with Crippen molar-refractivity contribution in [3.8, 4) is 0 Å². The highest BCUT2D eigenvalue weighted by molar-refractivity contribution is 5.85. The standard InChI is InChI=1S/C9H13N3O2.ClH/c13-9(14)8-5-7(11-12-8)6-1-3-10-4-2-6;/h5-6,10H,1-4H2,(H,11,12)(H,13,14);1H. The number of hydrogen-bond acceptors (Lipinski definition) is 3. The molecule has 6 heteroatoms. The Labute approximate surface area is 93.7 Å². The van der Waals surface area contributed by atoms with Gasteiger partial charge in [-0.25, -0.2) is 4.79 Å². The summed E-state index contributed by atoms with van der Waals surface area (Å²) in [5.74, 6) is -0.543. The van der Waals surface area contributed by atoms with Gasteiger partial charge in [0.1, 0.15) is 0 Å². The van der Waals surface area contributed by atoms with E-state index in [4.69, 9.17) is 5.11 Å². The molecule has 0 radical (unpaired) electrons. The van der Waals surface area contributed by atoms with Gasteiger partial charge in [-0.2, -0.15) is 5.10 Å². The third kappa shape index (κ3) is 2.70. The molecule has 1 aliphatic rings. The van der Waals surface area contributed by atoms with Crippen LogP contribution in [0, 0.1) is 0 Å². The maximum atomic E-state index is 10.6. The van der Waals surface area contributed by atoms with E-state index in [0.29, 0.717) is 5.92 Å². The Morgan fingerprint density at radius 2 is 2.13 bits per heavy atom. The molecule has 15 heavy (non-hydrogen) atoms. The lowest BCUT2D eigenvalue weighted by atomic mass is 9.95. The number of aromatic carboxylic acids is 1. The highest BCUT2D eigenvalue weighted by Gasteiger charge is 2.18. The van der Waals surface area contributed by atoms with Gasteiger partial charge in [0.05, 0.1) is 0 Å². The first-order chi connectivity index (χ1) is 6.77. The number of hydrogen-bond donors (Lipinski definition) is 3. The summed E-state index contributed by atoms with van der Waals surface area (Å²) in [6.07, 6.45) is 2.09. The van der Waals surface area contributed by atoms with E-state index in [2.05, 4.69) is 15.5 Å². The summed E-state index contributed by atoms with van der Waals surface area (Å²) in [4.78, 5) is 10.6. The van der Waals surface area contributed by atoms with Gasteiger partial charge in [-0.1, -0.05) is 0 Å². The number of carbonyl (C=O) groups is 1. The van der Waals surface area contributed by atoms with E-state index in [1.807, 2.05) is 0 Å². The fourth-order valence-corrected chi connectivity index (χ4v) is 1.79. The molecule has 0 amide bonds. The second-order valence-electron chi connectivity index (χ2n) is 3.54. The van der Waals surface area contributed by atoms with Crippen molar-refractivity contribution in [3.63, 3.8) is 0 Å². The number of H-pyrrole nitrogens is 1. The lowest BCUT2D eigenvalue weighted by Gasteiger charge is -2.20. The van der Waals surface area contributed by atoms with E-state index in [1.165, 1.54) is 0 Å². The van der Waals surface area contributed by atoms with E-state index in [0.717, 1.165) is 31.6 Å². The second kappa shape index (κ2) is 5.14. The van der Waals surface area contributed by atoms with E-state index in [-0.39, 0.29) is 18.1 Å². The Hall–Kier alpha value is -1.07. The van der Waals surface area contributed by atoms with Crippen LogP contribution < -0.4 is 5.32 Å². The second-order valence-corrected chi connectivity index (χ2v) is 3.54. The first-order valence-electron chi connectivity index (χ1n) is 4.76. The minimum atomic E-state index is -0.971. The van der Waals surface area contributed by atoms with Gasteiger partial charge in [0.25, 0.3) is 0 Å². The van der Waals surface area contributed by atoms with Gasteiger partial charge < -0.3 is 10.4 Å². The maximum absolute atomic E-state index is 10.6. The van der Waals surface area contributed by atoms with Crippen LogP contribution >= 0.6 is 12.4 Å². The average molecular weight is 232 g/mol. The van der Waals surface area contributed by atoms with Gasteiger partial charge in [0.15, 0.2) is 5.69 Å². The Balaban J connectivity index is 0.00000112. The predicted molar refractivity (Wildman–Crippen MR) is 57.6 cm³/mol. The van der Waals surface area contributed by atoms with Crippen molar-refractivity contribution >= 4 is 18.4 Å². The van der Waals surface area contributed by atoms with E-state index in [1.54, 1.807) is 6.07 Å². The number of carboxylic acids is 1. The molecule has 1 aromatic heterocycles. The zero-order valence-corrected chi connectivity index (χ0v) is 9.01. The largest absolute Gasteiger partial charge is 0.476 e. The smallest absolute Gasteiger partial charge is 0.356 e. The van der Waals surface area contributed by atoms with Crippen LogP contribution in [-0.2, 0) is 0 Å². The number of carboxylic acid groups (broad SMARTS) is 1. The summed E-state index contributed by atoms with van der Waals surface area (Å²) < 4.78 is 0. The Morgan fingerprint density at radius 3 is 2.67 bits per heavy atom. The molecule has 0 spiro atoms. The van der Waals surface area contributed by atoms with Crippen LogP contribution in [0.15, 0.2) is 6.07 Å². The van der Waals surface area contributed by atoms with Crippen molar-refractivity contribution in [2.45, 2.75) is 18.8 Å². The number of aromatic amines is 1. The van der Waals surface area contributed by atoms with Crippen molar-refractivity contribution in [3.05, 3.63) is 17.5 Å². The van der Waals surface area contributed by atoms with Gasteiger partial charge in [0.2, 0.25) is 0 Å². The summed E-state index contributed by atoms with van der Waals surface area (Å²) in [6.45, 7) is 1.98. The quantitative estimate of drug-likeness (QED) is 0.710. The molecule has 2 heterocycles. The summed E-state index contributed by atoms with van der Waals surface area (Å²) >= 11 is 0. The Kier molecular flexibility index (Phi) is 4.11. The van der Waals surface area contributed by atoms with Crippen LogP contribution in [0.4, 0.5) is 0 Å². The first kappa shape index (κ1) is 12.0. The molecule has 1 aliphatic heterocycles. The predicted octanol–water partition coefficient (Wildman–Crippen LogP) is 0.997. The van der Waals surface area contributed by atoms with Crippen LogP contribution in [-0.4, -0.2) is 34.4 Å². The third-order valence-electron chi connectivity index (χ3n) is 2.60. The van der Waals surface area contributed by atoms with Crippen LogP contribution in [0.3, 0.4) is 0 Å². The minimum Gasteiger partial charge on any atom is -0.476 e. The topological polar surface area (TPSA) is 78.0 Å². The number of halogens is 1. The minimum absolute atomic E-state index is 0. The van der Waals surface area contributed by atoms with Crippen molar-refractivity contribution in [2.24, 2.45) is 0 Å². The SMILES string of the molecule is Cl.O=C(O)c1cc(C2CCNCC2)[nH]n1. The maximum Gasteiger partial charge on any atom is 0.356 e. The molecule has 84 valence electrons. The molecular formula is C9H14ClN3O2. The molecule has 2 rings (SSSR count). The lowest BCUT2D eigenvalue weighted by molar-refractivity contribution is 0.0690. The highest BCUT2D eigenvalue weighted by atomic mass is 35.5.